The maximum absolute atomic E-state index is 10.7. The van der Waals surface area contributed by atoms with Crippen LogP contribution >= 0.6 is 23.2 Å². The third-order valence-electron chi connectivity index (χ3n) is 2.47. The first kappa shape index (κ1) is 13.6. The molecule has 0 bridgehead atoms. The predicted molar refractivity (Wildman–Crippen MR) is 75.0 cm³/mol. The fourth-order valence-corrected chi connectivity index (χ4v) is 1.79. The molecule has 0 radical (unpaired) electrons. The Hall–Kier alpha value is -1.78. The van der Waals surface area contributed by atoms with Crippen molar-refractivity contribution in [3.05, 3.63) is 57.7 Å². The second-order valence-corrected chi connectivity index (χ2v) is 4.65. The van der Waals surface area contributed by atoms with Crippen LogP contribution in [0.25, 0.3) is 0 Å². The Morgan fingerprint density at radius 3 is 2.58 bits per heavy atom. The van der Waals surface area contributed by atoms with Gasteiger partial charge in [-0.1, -0.05) is 29.3 Å². The van der Waals surface area contributed by atoms with E-state index in [-0.39, 0.29) is 5.56 Å². The van der Waals surface area contributed by atoms with Crippen LogP contribution in [0.4, 0.5) is 5.82 Å². The third-order valence-corrected chi connectivity index (χ3v) is 3.21. The van der Waals surface area contributed by atoms with Crippen molar-refractivity contribution in [3.63, 3.8) is 0 Å². The number of hydrogen-bond acceptors (Lipinski definition) is 3. The van der Waals surface area contributed by atoms with Gasteiger partial charge in [-0.3, -0.25) is 0 Å². The first-order chi connectivity index (χ1) is 9.06. The summed E-state index contributed by atoms with van der Waals surface area (Å²) in [5.41, 5.74) is 1.11. The summed E-state index contributed by atoms with van der Waals surface area (Å²) < 4.78 is 0. The molecule has 0 fully saturated rings. The summed E-state index contributed by atoms with van der Waals surface area (Å²) in [5.74, 6) is -0.403. The van der Waals surface area contributed by atoms with E-state index in [0.29, 0.717) is 22.4 Å². The molecule has 2 N–H and O–H groups in total. The molecule has 0 atom stereocenters. The van der Waals surface area contributed by atoms with E-state index in [2.05, 4.69) is 10.3 Å². The van der Waals surface area contributed by atoms with E-state index in [1.165, 1.54) is 12.3 Å². The molecular formula is C13H10Cl2N2O2. The van der Waals surface area contributed by atoms with Crippen molar-refractivity contribution in [1.82, 2.24) is 4.98 Å². The highest BCUT2D eigenvalue weighted by Gasteiger charge is 2.03. The van der Waals surface area contributed by atoms with E-state index in [1.807, 2.05) is 6.07 Å². The number of carboxylic acid groups (broad SMARTS) is 1. The summed E-state index contributed by atoms with van der Waals surface area (Å²) in [6.07, 6.45) is 1.31. The Bertz CT molecular complexity index is 600. The minimum Gasteiger partial charge on any atom is -0.478 e. The average molecular weight is 297 g/mol. The largest absolute Gasteiger partial charge is 0.478 e. The van der Waals surface area contributed by atoms with Crippen LogP contribution in [-0.2, 0) is 6.54 Å². The van der Waals surface area contributed by atoms with Crippen molar-refractivity contribution in [2.24, 2.45) is 0 Å². The summed E-state index contributed by atoms with van der Waals surface area (Å²) in [5, 5.41) is 12.8. The monoisotopic (exact) mass is 296 g/mol. The van der Waals surface area contributed by atoms with Crippen LogP contribution in [-0.4, -0.2) is 16.1 Å². The Kier molecular flexibility index (Phi) is 4.24. The number of aromatic carboxylic acids is 1. The lowest BCUT2D eigenvalue weighted by Crippen LogP contribution is -2.03. The van der Waals surface area contributed by atoms with Crippen LogP contribution in [0.2, 0.25) is 10.0 Å². The highest BCUT2D eigenvalue weighted by atomic mass is 35.5. The highest BCUT2D eigenvalue weighted by Crippen LogP contribution is 2.22. The van der Waals surface area contributed by atoms with Gasteiger partial charge in [0, 0.05) is 12.7 Å². The van der Waals surface area contributed by atoms with Gasteiger partial charge in [0.05, 0.1) is 15.6 Å². The Morgan fingerprint density at radius 1 is 1.21 bits per heavy atom. The lowest BCUT2D eigenvalue weighted by Gasteiger charge is -2.06. The number of benzene rings is 1. The van der Waals surface area contributed by atoms with Crippen molar-refractivity contribution >= 4 is 35.0 Å². The van der Waals surface area contributed by atoms with Gasteiger partial charge in [0.15, 0.2) is 0 Å². The normalized spacial score (nSPS) is 10.2. The van der Waals surface area contributed by atoms with Crippen LogP contribution in [0.15, 0.2) is 36.5 Å². The number of nitrogens with one attached hydrogen (secondary N) is 1. The van der Waals surface area contributed by atoms with Gasteiger partial charge in [-0.25, -0.2) is 9.78 Å². The summed E-state index contributed by atoms with van der Waals surface area (Å²) in [7, 11) is 0. The van der Waals surface area contributed by atoms with Crippen LogP contribution in [0, 0.1) is 0 Å². The first-order valence-corrected chi connectivity index (χ1v) is 6.19. The standard InChI is InChI=1S/C13H10Cl2N2O2/c14-10-3-1-8(5-11(10)15)6-16-12-4-2-9(7-17-12)13(18)19/h1-5,7H,6H2,(H,16,17)(H,18,19). The number of carbonyl (C=O) groups is 1. The first-order valence-electron chi connectivity index (χ1n) is 5.43. The lowest BCUT2D eigenvalue weighted by molar-refractivity contribution is 0.0696. The molecule has 2 rings (SSSR count). The molecule has 1 heterocycles. The van der Waals surface area contributed by atoms with Gasteiger partial charge in [-0.15, -0.1) is 0 Å². The van der Waals surface area contributed by atoms with Gasteiger partial charge >= 0.3 is 5.97 Å². The number of nitrogens with zero attached hydrogens (tertiary/aromatic N) is 1. The quantitative estimate of drug-likeness (QED) is 0.903. The molecule has 98 valence electrons. The van der Waals surface area contributed by atoms with E-state index in [1.54, 1.807) is 18.2 Å². The minimum absolute atomic E-state index is 0.153. The number of carboxylic acids is 1. The smallest absolute Gasteiger partial charge is 0.337 e. The van der Waals surface area contributed by atoms with E-state index >= 15 is 0 Å². The molecule has 0 saturated heterocycles. The molecule has 2 aromatic rings. The van der Waals surface area contributed by atoms with Crippen molar-refractivity contribution in [2.75, 3.05) is 5.32 Å². The van der Waals surface area contributed by atoms with Crippen molar-refractivity contribution in [1.29, 1.82) is 0 Å². The third kappa shape index (κ3) is 3.59. The van der Waals surface area contributed by atoms with E-state index in [0.717, 1.165) is 5.56 Å². The van der Waals surface area contributed by atoms with E-state index in [9.17, 15) is 4.79 Å². The van der Waals surface area contributed by atoms with Crippen LogP contribution < -0.4 is 5.32 Å². The number of aromatic nitrogens is 1. The number of halogens is 2. The number of anilines is 1. The van der Waals surface area contributed by atoms with Gasteiger partial charge < -0.3 is 10.4 Å². The molecule has 19 heavy (non-hydrogen) atoms. The summed E-state index contributed by atoms with van der Waals surface area (Å²) in [6.45, 7) is 0.524. The zero-order valence-corrected chi connectivity index (χ0v) is 11.2. The zero-order chi connectivity index (χ0) is 13.8. The maximum Gasteiger partial charge on any atom is 0.337 e. The highest BCUT2D eigenvalue weighted by molar-refractivity contribution is 6.42. The molecule has 1 aromatic heterocycles. The molecular weight excluding hydrogens is 287 g/mol. The zero-order valence-electron chi connectivity index (χ0n) is 9.73. The lowest BCUT2D eigenvalue weighted by atomic mass is 10.2. The van der Waals surface area contributed by atoms with Crippen LogP contribution in [0.1, 0.15) is 15.9 Å². The molecule has 0 aliphatic rings. The molecule has 0 amide bonds. The molecule has 6 heteroatoms. The topological polar surface area (TPSA) is 62.2 Å². The van der Waals surface area contributed by atoms with Gasteiger partial charge in [0.2, 0.25) is 0 Å². The van der Waals surface area contributed by atoms with Crippen molar-refractivity contribution in [2.45, 2.75) is 6.54 Å². The molecule has 4 nitrogen and oxygen atoms in total. The summed E-state index contributed by atoms with van der Waals surface area (Å²) in [4.78, 5) is 14.7. The Labute approximate surface area is 120 Å². The molecule has 0 spiro atoms. The molecule has 0 aliphatic carbocycles. The summed E-state index contributed by atoms with van der Waals surface area (Å²) >= 11 is 11.7. The molecule has 0 aliphatic heterocycles. The van der Waals surface area contributed by atoms with Gasteiger partial charge in [-0.2, -0.15) is 0 Å². The Balaban J connectivity index is 2.01. The molecule has 1 aromatic carbocycles. The van der Waals surface area contributed by atoms with Crippen LogP contribution in [0.5, 0.6) is 0 Å². The second kappa shape index (κ2) is 5.91. The summed E-state index contributed by atoms with van der Waals surface area (Å²) in [6, 6.07) is 8.45. The molecule has 0 unspecified atom stereocenters. The van der Waals surface area contributed by atoms with Crippen molar-refractivity contribution < 1.29 is 9.90 Å². The van der Waals surface area contributed by atoms with E-state index < -0.39 is 5.97 Å². The van der Waals surface area contributed by atoms with Gasteiger partial charge in [0.1, 0.15) is 5.82 Å². The maximum atomic E-state index is 10.7. The van der Waals surface area contributed by atoms with Gasteiger partial charge in [0.25, 0.3) is 0 Å². The Morgan fingerprint density at radius 2 is 2.00 bits per heavy atom. The SMILES string of the molecule is O=C(O)c1ccc(NCc2ccc(Cl)c(Cl)c2)nc1. The fraction of sp³-hybridized carbons (Fsp3) is 0.0769. The van der Waals surface area contributed by atoms with E-state index in [4.69, 9.17) is 28.3 Å². The molecule has 0 saturated carbocycles. The second-order valence-electron chi connectivity index (χ2n) is 3.84. The number of hydrogen-bond donors (Lipinski definition) is 2. The number of rotatable bonds is 4. The minimum atomic E-state index is -0.997. The van der Waals surface area contributed by atoms with Gasteiger partial charge in [-0.05, 0) is 29.8 Å². The van der Waals surface area contributed by atoms with Crippen molar-refractivity contribution in [3.8, 4) is 0 Å². The average Bonchev–Trinajstić information content (AvgIpc) is 2.40. The number of pyridine rings is 1. The fourth-order valence-electron chi connectivity index (χ4n) is 1.47. The predicted octanol–water partition coefficient (Wildman–Crippen LogP) is 3.70. The van der Waals surface area contributed by atoms with Crippen LogP contribution in [0.3, 0.4) is 0 Å².